The molecule has 0 aliphatic heterocycles. The first-order chi connectivity index (χ1) is 12.9. The van der Waals surface area contributed by atoms with Crippen molar-refractivity contribution in [3.8, 4) is 0 Å². The Labute approximate surface area is 160 Å². The van der Waals surface area contributed by atoms with Crippen molar-refractivity contribution in [2.75, 3.05) is 5.32 Å². The zero-order valence-electron chi connectivity index (χ0n) is 16.2. The van der Waals surface area contributed by atoms with E-state index in [0.29, 0.717) is 17.9 Å². The maximum Gasteiger partial charge on any atom is 0.227 e. The van der Waals surface area contributed by atoms with E-state index in [2.05, 4.69) is 27.4 Å². The molecule has 1 heterocycles. The summed E-state index contributed by atoms with van der Waals surface area (Å²) in [6, 6.07) is 17.7. The van der Waals surface area contributed by atoms with Gasteiger partial charge < -0.3 is 5.32 Å². The summed E-state index contributed by atoms with van der Waals surface area (Å²) in [5, 5.41) is 3.17. The van der Waals surface area contributed by atoms with Gasteiger partial charge in [-0.05, 0) is 68.9 Å². The van der Waals surface area contributed by atoms with Crippen LogP contribution in [0.1, 0.15) is 42.1 Å². The summed E-state index contributed by atoms with van der Waals surface area (Å²) in [6.45, 7) is 5.59. The number of nitrogens with one attached hydrogen (secondary N) is 1. The minimum Gasteiger partial charge on any atom is -0.324 e. The fourth-order valence-corrected chi connectivity index (χ4v) is 3.03. The van der Waals surface area contributed by atoms with Gasteiger partial charge in [0.05, 0.1) is 0 Å². The van der Waals surface area contributed by atoms with E-state index in [1.807, 2.05) is 56.3 Å². The zero-order chi connectivity index (χ0) is 19.3. The van der Waals surface area contributed by atoms with Gasteiger partial charge in [0.25, 0.3) is 0 Å². The van der Waals surface area contributed by atoms with Crippen LogP contribution in [0.4, 0.5) is 16.0 Å². The highest BCUT2D eigenvalue weighted by atomic mass is 19.1. The molecular weight excluding hydrogens is 337 g/mol. The first-order valence-electron chi connectivity index (χ1n) is 9.35. The van der Waals surface area contributed by atoms with E-state index in [1.165, 1.54) is 5.56 Å². The normalized spacial score (nSPS) is 13.2. The van der Waals surface area contributed by atoms with Crippen LogP contribution >= 0.6 is 0 Å². The predicted molar refractivity (Wildman–Crippen MR) is 109 cm³/mol. The topological polar surface area (TPSA) is 37.8 Å². The van der Waals surface area contributed by atoms with Crippen LogP contribution in [0.15, 0.2) is 60.8 Å². The Morgan fingerprint density at radius 2 is 1.70 bits per heavy atom. The Bertz CT molecular complexity index is 874. The third kappa shape index (κ3) is 5.13. The van der Waals surface area contributed by atoms with Gasteiger partial charge in [0.2, 0.25) is 5.95 Å². The average Bonchev–Trinajstić information content (AvgIpc) is 2.66. The van der Waals surface area contributed by atoms with Gasteiger partial charge in [-0.1, -0.05) is 42.5 Å². The molecule has 0 fully saturated rings. The number of benzene rings is 2. The van der Waals surface area contributed by atoms with Crippen molar-refractivity contribution < 1.29 is 4.39 Å². The minimum absolute atomic E-state index is 0.495. The van der Waals surface area contributed by atoms with E-state index in [4.69, 9.17) is 0 Å². The quantitative estimate of drug-likeness (QED) is 0.556. The summed E-state index contributed by atoms with van der Waals surface area (Å²) < 4.78 is 15.1. The van der Waals surface area contributed by atoms with Crippen molar-refractivity contribution in [3.63, 3.8) is 0 Å². The van der Waals surface area contributed by atoms with Gasteiger partial charge in [0, 0.05) is 17.6 Å². The number of nitrogens with zero attached hydrogens (tertiary/aromatic N) is 2. The molecule has 1 N–H and O–H groups in total. The monoisotopic (exact) mass is 363 g/mol. The van der Waals surface area contributed by atoms with Crippen molar-refractivity contribution >= 4 is 11.6 Å². The number of hydrogen-bond acceptors (Lipinski definition) is 3. The molecule has 1 unspecified atom stereocenters. The van der Waals surface area contributed by atoms with Crippen LogP contribution in [-0.2, 0) is 12.1 Å². The molecule has 0 aliphatic rings. The van der Waals surface area contributed by atoms with E-state index in [1.54, 1.807) is 13.1 Å². The molecule has 0 spiro atoms. The average molecular weight is 363 g/mol. The lowest BCUT2D eigenvalue weighted by atomic mass is 9.91. The highest BCUT2D eigenvalue weighted by molar-refractivity contribution is 5.54. The third-order valence-corrected chi connectivity index (χ3v) is 4.92. The summed E-state index contributed by atoms with van der Waals surface area (Å²) in [5.74, 6) is 0.553. The molecule has 1 atom stereocenters. The van der Waals surface area contributed by atoms with Gasteiger partial charge in [-0.25, -0.2) is 14.4 Å². The molecule has 0 radical (unpaired) electrons. The highest BCUT2D eigenvalue weighted by Gasteiger charge is 2.25. The Morgan fingerprint density at radius 1 is 1.00 bits per heavy atom. The molecule has 0 saturated carbocycles. The number of aromatic nitrogens is 2. The maximum atomic E-state index is 15.1. The second kappa shape index (κ2) is 8.30. The van der Waals surface area contributed by atoms with E-state index in [0.717, 1.165) is 29.8 Å². The van der Waals surface area contributed by atoms with Crippen molar-refractivity contribution in [2.45, 2.75) is 45.7 Å². The SMILES string of the molecule is Cc1cnc(Nc2ccc(C(C)(F)CCCc3ccccc3)cc2)nc1C. The molecule has 0 bridgehead atoms. The number of hydrogen-bond donors (Lipinski definition) is 1. The minimum atomic E-state index is -1.34. The zero-order valence-corrected chi connectivity index (χ0v) is 16.2. The van der Waals surface area contributed by atoms with Gasteiger partial charge in [-0.15, -0.1) is 0 Å². The second-order valence-corrected chi connectivity index (χ2v) is 7.20. The Balaban J connectivity index is 1.60. The van der Waals surface area contributed by atoms with Crippen LogP contribution in [0, 0.1) is 13.8 Å². The lowest BCUT2D eigenvalue weighted by Gasteiger charge is -2.21. The standard InChI is InChI=1S/C23H26FN3/c1-17-16-25-22(26-18(17)2)27-21-13-11-20(12-14-21)23(3,24)15-7-10-19-8-5-4-6-9-19/h4-6,8-9,11-14,16H,7,10,15H2,1-3H3,(H,25,26,27). The molecule has 3 rings (SSSR count). The summed E-state index contributed by atoms with van der Waals surface area (Å²) >= 11 is 0. The van der Waals surface area contributed by atoms with Crippen LogP contribution in [-0.4, -0.2) is 9.97 Å². The second-order valence-electron chi connectivity index (χ2n) is 7.20. The highest BCUT2D eigenvalue weighted by Crippen LogP contribution is 2.32. The van der Waals surface area contributed by atoms with Crippen LogP contribution in [0.25, 0.3) is 0 Å². The van der Waals surface area contributed by atoms with Crippen LogP contribution in [0.5, 0.6) is 0 Å². The maximum absolute atomic E-state index is 15.1. The smallest absolute Gasteiger partial charge is 0.227 e. The fourth-order valence-electron chi connectivity index (χ4n) is 3.03. The van der Waals surface area contributed by atoms with E-state index in [-0.39, 0.29) is 0 Å². The molecule has 3 nitrogen and oxygen atoms in total. The predicted octanol–water partition coefficient (Wildman–Crippen LogP) is 6.04. The van der Waals surface area contributed by atoms with Gasteiger partial charge in [0.15, 0.2) is 0 Å². The summed E-state index contributed by atoms with van der Waals surface area (Å²) in [5.41, 5.74) is 3.45. The number of aryl methyl sites for hydroxylation is 3. The number of halogens is 1. The van der Waals surface area contributed by atoms with Gasteiger partial charge >= 0.3 is 0 Å². The lowest BCUT2D eigenvalue weighted by molar-refractivity contribution is 0.173. The number of rotatable bonds is 7. The van der Waals surface area contributed by atoms with Crippen molar-refractivity contribution in [3.05, 3.63) is 83.2 Å². The molecule has 140 valence electrons. The van der Waals surface area contributed by atoms with Gasteiger partial charge in [-0.2, -0.15) is 0 Å². The van der Waals surface area contributed by atoms with Crippen molar-refractivity contribution in [1.29, 1.82) is 0 Å². The summed E-state index contributed by atoms with van der Waals surface area (Å²) in [4.78, 5) is 8.69. The van der Waals surface area contributed by atoms with Crippen LogP contribution in [0.2, 0.25) is 0 Å². The third-order valence-electron chi connectivity index (χ3n) is 4.92. The molecule has 4 heteroatoms. The first-order valence-corrected chi connectivity index (χ1v) is 9.35. The Hall–Kier alpha value is -2.75. The fraction of sp³-hybridized carbons (Fsp3) is 0.304. The lowest BCUT2D eigenvalue weighted by Crippen LogP contribution is -2.15. The Morgan fingerprint density at radius 3 is 2.37 bits per heavy atom. The molecule has 27 heavy (non-hydrogen) atoms. The molecule has 1 aromatic heterocycles. The molecule has 2 aromatic carbocycles. The first kappa shape index (κ1) is 19.0. The van der Waals surface area contributed by atoms with E-state index in [9.17, 15) is 0 Å². The Kier molecular flexibility index (Phi) is 5.84. The number of anilines is 2. The summed E-state index contributed by atoms with van der Waals surface area (Å²) in [7, 11) is 0. The van der Waals surface area contributed by atoms with Crippen LogP contribution < -0.4 is 5.32 Å². The van der Waals surface area contributed by atoms with Gasteiger partial charge in [0.1, 0.15) is 5.67 Å². The molecule has 3 aromatic rings. The largest absolute Gasteiger partial charge is 0.324 e. The summed E-state index contributed by atoms with van der Waals surface area (Å²) in [6.07, 6.45) is 4.00. The molecule has 0 aliphatic carbocycles. The molecular formula is C23H26FN3. The molecule has 0 amide bonds. The van der Waals surface area contributed by atoms with Crippen molar-refractivity contribution in [1.82, 2.24) is 9.97 Å². The number of alkyl halides is 1. The van der Waals surface area contributed by atoms with E-state index >= 15 is 4.39 Å². The molecule has 0 saturated heterocycles. The van der Waals surface area contributed by atoms with Gasteiger partial charge in [-0.3, -0.25) is 0 Å². The van der Waals surface area contributed by atoms with Crippen LogP contribution in [0.3, 0.4) is 0 Å². The van der Waals surface area contributed by atoms with E-state index < -0.39 is 5.67 Å². The van der Waals surface area contributed by atoms with Crippen molar-refractivity contribution in [2.24, 2.45) is 0 Å².